The second-order valence-electron chi connectivity index (χ2n) is 6.51. The van der Waals surface area contributed by atoms with E-state index in [0.29, 0.717) is 37.7 Å². The zero-order valence-corrected chi connectivity index (χ0v) is 15.9. The van der Waals surface area contributed by atoms with E-state index in [1.807, 2.05) is 0 Å². The van der Waals surface area contributed by atoms with Gasteiger partial charge in [-0.1, -0.05) is 11.6 Å². The summed E-state index contributed by atoms with van der Waals surface area (Å²) in [5, 5.41) is 5.45. The number of hydrogen-bond acceptors (Lipinski definition) is 5. The highest BCUT2D eigenvalue weighted by atomic mass is 35.5. The van der Waals surface area contributed by atoms with Gasteiger partial charge in [-0.2, -0.15) is 0 Å². The van der Waals surface area contributed by atoms with Crippen LogP contribution in [0.5, 0.6) is 5.75 Å². The molecule has 2 amide bonds. The number of oxazole rings is 1. The van der Waals surface area contributed by atoms with Crippen molar-refractivity contribution in [3.63, 3.8) is 0 Å². The normalized spacial score (nSPS) is 13.2. The molecule has 1 saturated carbocycles. The molecule has 2 N–H and O–H groups in total. The molecule has 150 valence electrons. The van der Waals surface area contributed by atoms with E-state index in [4.69, 9.17) is 20.8 Å². The summed E-state index contributed by atoms with van der Waals surface area (Å²) in [7, 11) is 0. The smallest absolute Gasteiger partial charge is 0.288 e. The average molecular weight is 410 g/mol. The lowest BCUT2D eigenvalue weighted by Crippen LogP contribution is -2.30. The SMILES string of the molecule is O=C(COc1ccc(Cl)c(F)c1)NCCCCNC(=O)c1cnc(C2CC2)o1. The molecule has 0 unspecified atom stereocenters. The third kappa shape index (κ3) is 5.95. The standard InChI is InChI=1S/C19H21ClFN3O4/c20-14-6-5-13(9-15(14)21)27-11-17(25)22-7-1-2-8-23-18(26)16-10-24-19(28-16)12-3-4-12/h5-6,9-10,12H,1-4,7-8,11H2,(H,22,25)(H,23,26). The Morgan fingerprint density at radius 1 is 1.25 bits per heavy atom. The van der Waals surface area contributed by atoms with Gasteiger partial charge >= 0.3 is 0 Å². The first-order valence-electron chi connectivity index (χ1n) is 9.11. The minimum Gasteiger partial charge on any atom is -0.484 e. The third-order valence-electron chi connectivity index (χ3n) is 4.15. The molecule has 2 aromatic rings. The number of aromatic nitrogens is 1. The van der Waals surface area contributed by atoms with Crippen molar-refractivity contribution < 1.29 is 23.1 Å². The second-order valence-corrected chi connectivity index (χ2v) is 6.92. The van der Waals surface area contributed by atoms with Gasteiger partial charge in [0.25, 0.3) is 11.8 Å². The molecule has 9 heteroatoms. The molecule has 0 saturated heterocycles. The number of unbranched alkanes of at least 4 members (excludes halogenated alkanes) is 1. The minimum atomic E-state index is -0.601. The van der Waals surface area contributed by atoms with Gasteiger partial charge < -0.3 is 19.8 Å². The van der Waals surface area contributed by atoms with Crippen LogP contribution in [0, 0.1) is 5.82 Å². The zero-order chi connectivity index (χ0) is 19.9. The molecule has 0 radical (unpaired) electrons. The Kier molecular flexibility index (Phi) is 6.86. The van der Waals surface area contributed by atoms with E-state index in [2.05, 4.69) is 15.6 Å². The summed E-state index contributed by atoms with van der Waals surface area (Å²) < 4.78 is 23.9. The first-order chi connectivity index (χ1) is 13.5. The highest BCUT2D eigenvalue weighted by Crippen LogP contribution is 2.39. The van der Waals surface area contributed by atoms with Crippen LogP contribution in [0.4, 0.5) is 4.39 Å². The van der Waals surface area contributed by atoms with Crippen molar-refractivity contribution >= 4 is 23.4 Å². The van der Waals surface area contributed by atoms with E-state index < -0.39 is 5.82 Å². The summed E-state index contributed by atoms with van der Waals surface area (Å²) in [6, 6.07) is 3.98. The Hall–Kier alpha value is -2.61. The summed E-state index contributed by atoms with van der Waals surface area (Å²) in [5.41, 5.74) is 0. The monoisotopic (exact) mass is 409 g/mol. The number of nitrogens with one attached hydrogen (secondary N) is 2. The fourth-order valence-corrected chi connectivity index (χ4v) is 2.56. The van der Waals surface area contributed by atoms with E-state index in [0.717, 1.165) is 18.9 Å². The second kappa shape index (κ2) is 9.54. The van der Waals surface area contributed by atoms with Gasteiger partial charge in [0.05, 0.1) is 11.2 Å². The Bertz CT molecular complexity index is 838. The number of halogens is 2. The van der Waals surface area contributed by atoms with Crippen molar-refractivity contribution in [2.75, 3.05) is 19.7 Å². The third-order valence-corrected chi connectivity index (χ3v) is 4.45. The Morgan fingerprint density at radius 2 is 2.00 bits per heavy atom. The first-order valence-corrected chi connectivity index (χ1v) is 9.49. The van der Waals surface area contributed by atoms with Crippen LogP contribution < -0.4 is 15.4 Å². The summed E-state index contributed by atoms with van der Waals surface area (Å²) in [5.74, 6) is 0.267. The van der Waals surface area contributed by atoms with Crippen LogP contribution in [0.15, 0.2) is 28.8 Å². The Morgan fingerprint density at radius 3 is 2.71 bits per heavy atom. The van der Waals surface area contributed by atoms with E-state index in [-0.39, 0.29) is 35.0 Å². The van der Waals surface area contributed by atoms with Gasteiger partial charge in [-0.15, -0.1) is 0 Å². The number of hydrogen-bond donors (Lipinski definition) is 2. The van der Waals surface area contributed by atoms with Gasteiger partial charge in [0.2, 0.25) is 5.76 Å². The molecule has 1 aromatic heterocycles. The lowest BCUT2D eigenvalue weighted by atomic mass is 10.3. The van der Waals surface area contributed by atoms with E-state index in [1.54, 1.807) is 0 Å². The minimum absolute atomic E-state index is 0.00411. The highest BCUT2D eigenvalue weighted by molar-refractivity contribution is 6.30. The van der Waals surface area contributed by atoms with Crippen molar-refractivity contribution in [2.45, 2.75) is 31.6 Å². The van der Waals surface area contributed by atoms with Crippen LogP contribution in [0.3, 0.4) is 0 Å². The predicted octanol–water partition coefficient (Wildman–Crippen LogP) is 3.05. The van der Waals surface area contributed by atoms with Crippen molar-refractivity contribution in [3.8, 4) is 5.75 Å². The maximum absolute atomic E-state index is 13.3. The predicted molar refractivity (Wildman–Crippen MR) is 100.0 cm³/mol. The highest BCUT2D eigenvalue weighted by Gasteiger charge is 2.29. The van der Waals surface area contributed by atoms with Crippen LogP contribution in [0.1, 0.15) is 48.0 Å². The maximum atomic E-state index is 13.3. The average Bonchev–Trinajstić information content (AvgIpc) is 3.42. The largest absolute Gasteiger partial charge is 0.484 e. The first kappa shape index (κ1) is 20.1. The maximum Gasteiger partial charge on any atom is 0.288 e. The molecule has 0 spiro atoms. The molecule has 1 heterocycles. The van der Waals surface area contributed by atoms with Crippen LogP contribution in [0.2, 0.25) is 5.02 Å². The molecule has 3 rings (SSSR count). The molecule has 0 atom stereocenters. The van der Waals surface area contributed by atoms with Gasteiger partial charge in [0.1, 0.15) is 11.6 Å². The molecule has 0 bridgehead atoms. The number of carbonyl (C=O) groups excluding carboxylic acids is 2. The van der Waals surface area contributed by atoms with Crippen molar-refractivity contribution in [1.29, 1.82) is 0 Å². The quantitative estimate of drug-likeness (QED) is 0.588. The lowest BCUT2D eigenvalue weighted by Gasteiger charge is -2.08. The van der Waals surface area contributed by atoms with Gasteiger partial charge in [-0.3, -0.25) is 9.59 Å². The molecular formula is C19H21ClFN3O4. The van der Waals surface area contributed by atoms with Crippen LogP contribution in [-0.2, 0) is 4.79 Å². The summed E-state index contributed by atoms with van der Waals surface area (Å²) in [4.78, 5) is 27.8. The molecule has 7 nitrogen and oxygen atoms in total. The number of rotatable bonds is 10. The van der Waals surface area contributed by atoms with Crippen molar-refractivity contribution in [3.05, 3.63) is 46.9 Å². The number of nitrogens with zero attached hydrogens (tertiary/aromatic N) is 1. The Balaban J connectivity index is 1.24. The van der Waals surface area contributed by atoms with Gasteiger partial charge in [-0.25, -0.2) is 9.37 Å². The molecule has 28 heavy (non-hydrogen) atoms. The fourth-order valence-electron chi connectivity index (χ4n) is 2.45. The summed E-state index contributed by atoms with van der Waals surface area (Å²) in [6.07, 6.45) is 4.96. The molecule has 1 aromatic carbocycles. The molecule has 0 aliphatic heterocycles. The molecule has 1 fully saturated rings. The summed E-state index contributed by atoms with van der Waals surface area (Å²) in [6.45, 7) is 0.697. The van der Waals surface area contributed by atoms with Crippen LogP contribution in [0.25, 0.3) is 0 Å². The fraction of sp³-hybridized carbons (Fsp3) is 0.421. The van der Waals surface area contributed by atoms with E-state index in [1.165, 1.54) is 18.3 Å². The van der Waals surface area contributed by atoms with E-state index in [9.17, 15) is 14.0 Å². The Labute approximate surface area is 166 Å². The van der Waals surface area contributed by atoms with Crippen molar-refractivity contribution in [1.82, 2.24) is 15.6 Å². The van der Waals surface area contributed by atoms with Gasteiger partial charge in [-0.05, 0) is 37.8 Å². The topological polar surface area (TPSA) is 93.5 Å². The van der Waals surface area contributed by atoms with Gasteiger partial charge in [0.15, 0.2) is 12.5 Å². The number of carbonyl (C=O) groups is 2. The number of benzene rings is 1. The molecule has 1 aliphatic rings. The summed E-state index contributed by atoms with van der Waals surface area (Å²) >= 11 is 5.58. The van der Waals surface area contributed by atoms with Crippen LogP contribution >= 0.6 is 11.6 Å². The van der Waals surface area contributed by atoms with Crippen LogP contribution in [-0.4, -0.2) is 36.5 Å². The number of amides is 2. The van der Waals surface area contributed by atoms with Gasteiger partial charge in [0, 0.05) is 25.1 Å². The van der Waals surface area contributed by atoms with Crippen molar-refractivity contribution in [2.24, 2.45) is 0 Å². The zero-order valence-electron chi connectivity index (χ0n) is 15.2. The number of ether oxygens (including phenoxy) is 1. The molecule has 1 aliphatic carbocycles. The lowest BCUT2D eigenvalue weighted by molar-refractivity contribution is -0.123. The molecular weight excluding hydrogens is 389 g/mol. The van der Waals surface area contributed by atoms with E-state index >= 15 is 0 Å².